The lowest BCUT2D eigenvalue weighted by Crippen LogP contribution is -2.03. The van der Waals surface area contributed by atoms with E-state index in [-0.39, 0.29) is 11.5 Å². The van der Waals surface area contributed by atoms with Crippen molar-refractivity contribution >= 4 is 5.69 Å². The number of rotatable bonds is 6. The molecule has 2 rings (SSSR count). The minimum Gasteiger partial charge on any atom is -0.504 e. The largest absolute Gasteiger partial charge is 0.504 e. The first-order valence-electron chi connectivity index (χ1n) is 6.23. The summed E-state index contributed by atoms with van der Waals surface area (Å²) in [5.74, 6) is 0.569. The summed E-state index contributed by atoms with van der Waals surface area (Å²) in [6.45, 7) is -2.46. The highest BCUT2D eigenvalue weighted by atomic mass is 19.3. The van der Waals surface area contributed by atoms with Gasteiger partial charge in [-0.25, -0.2) is 0 Å². The molecule has 6 heteroatoms. The van der Waals surface area contributed by atoms with Crippen molar-refractivity contribution in [3.8, 4) is 17.2 Å². The van der Waals surface area contributed by atoms with Gasteiger partial charge in [0.1, 0.15) is 5.75 Å². The van der Waals surface area contributed by atoms with E-state index in [4.69, 9.17) is 4.74 Å². The minimum atomic E-state index is -2.84. The molecule has 0 aliphatic rings. The van der Waals surface area contributed by atoms with E-state index in [0.29, 0.717) is 17.9 Å². The highest BCUT2D eigenvalue weighted by Gasteiger charge is 2.07. The second-order valence-electron chi connectivity index (χ2n) is 4.22. The molecule has 0 heterocycles. The number of anilines is 1. The minimum absolute atomic E-state index is 0.0742. The third-order valence-corrected chi connectivity index (χ3v) is 2.86. The maximum Gasteiger partial charge on any atom is 0.387 e. The Labute approximate surface area is 120 Å². The smallest absolute Gasteiger partial charge is 0.387 e. The summed E-state index contributed by atoms with van der Waals surface area (Å²) in [5.41, 5.74) is 1.39. The summed E-state index contributed by atoms with van der Waals surface area (Å²) >= 11 is 0. The molecule has 0 spiro atoms. The summed E-state index contributed by atoms with van der Waals surface area (Å²) in [7, 11) is 1.48. The molecule has 2 aromatic rings. The molecule has 2 N–H and O–H groups in total. The quantitative estimate of drug-likeness (QED) is 0.854. The lowest BCUT2D eigenvalue weighted by molar-refractivity contribution is -0.0498. The molecule has 0 aromatic heterocycles. The van der Waals surface area contributed by atoms with Crippen LogP contribution in [0.2, 0.25) is 0 Å². The molecule has 0 aliphatic carbocycles. The Morgan fingerprint density at radius 3 is 2.48 bits per heavy atom. The van der Waals surface area contributed by atoms with E-state index in [1.807, 2.05) is 0 Å². The predicted octanol–water partition coefficient (Wildman–Crippen LogP) is 3.61. The normalized spacial score (nSPS) is 10.5. The van der Waals surface area contributed by atoms with Crippen molar-refractivity contribution in [2.45, 2.75) is 13.2 Å². The van der Waals surface area contributed by atoms with Crippen molar-refractivity contribution in [3.63, 3.8) is 0 Å². The van der Waals surface area contributed by atoms with Gasteiger partial charge in [0.2, 0.25) is 0 Å². The predicted molar refractivity (Wildman–Crippen MR) is 75.1 cm³/mol. The molecular formula is C15H15F2NO3. The van der Waals surface area contributed by atoms with Crippen LogP contribution in [-0.2, 0) is 6.54 Å². The van der Waals surface area contributed by atoms with Crippen molar-refractivity contribution in [2.75, 3.05) is 12.4 Å². The zero-order valence-electron chi connectivity index (χ0n) is 11.3. The third kappa shape index (κ3) is 3.98. The summed E-state index contributed by atoms with van der Waals surface area (Å²) < 4.78 is 33.3. The SMILES string of the molecule is COc1cccc(CNc2ccc(OC(F)F)cc2)c1O. The molecular weight excluding hydrogens is 280 g/mol. The lowest BCUT2D eigenvalue weighted by Gasteiger charge is -2.11. The Balaban J connectivity index is 2.00. The van der Waals surface area contributed by atoms with Gasteiger partial charge in [0.05, 0.1) is 7.11 Å². The summed E-state index contributed by atoms with van der Waals surface area (Å²) in [6, 6.07) is 11.3. The van der Waals surface area contributed by atoms with Gasteiger partial charge in [0.15, 0.2) is 11.5 Å². The van der Waals surface area contributed by atoms with Gasteiger partial charge >= 0.3 is 6.61 Å². The maximum atomic E-state index is 12.0. The molecule has 0 bridgehead atoms. The van der Waals surface area contributed by atoms with Gasteiger partial charge in [-0.15, -0.1) is 0 Å². The number of alkyl halides is 2. The van der Waals surface area contributed by atoms with Crippen molar-refractivity contribution < 1.29 is 23.4 Å². The summed E-state index contributed by atoms with van der Waals surface area (Å²) in [6.07, 6.45) is 0. The average Bonchev–Trinajstić information content (AvgIpc) is 2.47. The lowest BCUT2D eigenvalue weighted by atomic mass is 10.2. The van der Waals surface area contributed by atoms with E-state index >= 15 is 0 Å². The average molecular weight is 295 g/mol. The van der Waals surface area contributed by atoms with Crippen LogP contribution in [0.25, 0.3) is 0 Å². The van der Waals surface area contributed by atoms with Crippen molar-refractivity contribution in [2.24, 2.45) is 0 Å². The first-order valence-corrected chi connectivity index (χ1v) is 6.23. The molecule has 112 valence electrons. The summed E-state index contributed by atoms with van der Waals surface area (Å²) in [5, 5.41) is 13.0. The number of aromatic hydroxyl groups is 1. The third-order valence-electron chi connectivity index (χ3n) is 2.86. The first kappa shape index (κ1) is 14.9. The Morgan fingerprint density at radius 2 is 1.86 bits per heavy atom. The number of para-hydroxylation sites is 1. The van der Waals surface area contributed by atoms with Crippen LogP contribution in [0.15, 0.2) is 42.5 Å². The van der Waals surface area contributed by atoms with Gasteiger partial charge in [-0.2, -0.15) is 8.78 Å². The number of phenols is 1. The van der Waals surface area contributed by atoms with Crippen LogP contribution in [0.4, 0.5) is 14.5 Å². The molecule has 2 aromatic carbocycles. The molecule has 0 amide bonds. The number of methoxy groups -OCH3 is 1. The van der Waals surface area contributed by atoms with E-state index in [1.54, 1.807) is 30.3 Å². The summed E-state index contributed by atoms with van der Waals surface area (Å²) in [4.78, 5) is 0. The van der Waals surface area contributed by atoms with Crippen LogP contribution in [0.3, 0.4) is 0 Å². The van der Waals surface area contributed by atoms with E-state index in [9.17, 15) is 13.9 Å². The second-order valence-corrected chi connectivity index (χ2v) is 4.22. The number of benzene rings is 2. The van der Waals surface area contributed by atoms with Gasteiger partial charge in [-0.05, 0) is 30.3 Å². The molecule has 0 saturated carbocycles. The molecule has 0 aliphatic heterocycles. The number of hydrogen-bond donors (Lipinski definition) is 2. The number of hydrogen-bond acceptors (Lipinski definition) is 4. The Bertz CT molecular complexity index is 588. The monoisotopic (exact) mass is 295 g/mol. The highest BCUT2D eigenvalue weighted by Crippen LogP contribution is 2.30. The number of ether oxygens (including phenoxy) is 2. The molecule has 0 radical (unpaired) electrons. The van der Waals surface area contributed by atoms with E-state index < -0.39 is 6.61 Å². The van der Waals surface area contributed by atoms with Crippen LogP contribution in [-0.4, -0.2) is 18.8 Å². The van der Waals surface area contributed by atoms with Crippen molar-refractivity contribution in [1.29, 1.82) is 0 Å². The molecule has 0 atom stereocenters. The Morgan fingerprint density at radius 1 is 1.14 bits per heavy atom. The van der Waals surface area contributed by atoms with Crippen LogP contribution in [0.1, 0.15) is 5.56 Å². The van der Waals surface area contributed by atoms with Crippen LogP contribution in [0, 0.1) is 0 Å². The molecule has 0 saturated heterocycles. The van der Waals surface area contributed by atoms with Gasteiger partial charge in [0.25, 0.3) is 0 Å². The van der Waals surface area contributed by atoms with Gasteiger partial charge in [-0.3, -0.25) is 0 Å². The molecule has 4 nitrogen and oxygen atoms in total. The second kappa shape index (κ2) is 6.78. The maximum absolute atomic E-state index is 12.0. The fourth-order valence-electron chi connectivity index (χ4n) is 1.83. The Kier molecular flexibility index (Phi) is 4.81. The van der Waals surface area contributed by atoms with Gasteiger partial charge in [0, 0.05) is 17.8 Å². The molecule has 0 fully saturated rings. The zero-order valence-corrected chi connectivity index (χ0v) is 11.3. The van der Waals surface area contributed by atoms with Crippen molar-refractivity contribution in [3.05, 3.63) is 48.0 Å². The van der Waals surface area contributed by atoms with Crippen LogP contribution in [0.5, 0.6) is 17.2 Å². The number of nitrogens with one attached hydrogen (secondary N) is 1. The van der Waals surface area contributed by atoms with Gasteiger partial charge in [-0.1, -0.05) is 12.1 Å². The fraction of sp³-hybridized carbons (Fsp3) is 0.200. The standard InChI is InChI=1S/C15H15F2NO3/c1-20-13-4-2-3-10(14(13)19)9-18-11-5-7-12(8-6-11)21-15(16)17/h2-8,15,18-19H,9H2,1H3. The van der Waals surface area contributed by atoms with Crippen molar-refractivity contribution in [1.82, 2.24) is 0 Å². The fourth-order valence-corrected chi connectivity index (χ4v) is 1.83. The highest BCUT2D eigenvalue weighted by molar-refractivity contribution is 5.50. The molecule has 0 unspecified atom stereocenters. The topological polar surface area (TPSA) is 50.7 Å². The van der Waals surface area contributed by atoms with E-state index in [1.165, 1.54) is 19.2 Å². The van der Waals surface area contributed by atoms with E-state index in [2.05, 4.69) is 10.1 Å². The first-order chi connectivity index (χ1) is 10.1. The molecule has 21 heavy (non-hydrogen) atoms. The number of phenolic OH excluding ortho intramolecular Hbond substituents is 1. The number of halogens is 2. The van der Waals surface area contributed by atoms with Gasteiger partial charge < -0.3 is 19.9 Å². The van der Waals surface area contributed by atoms with E-state index in [0.717, 1.165) is 5.69 Å². The van der Waals surface area contributed by atoms with Crippen LogP contribution >= 0.6 is 0 Å². The van der Waals surface area contributed by atoms with Crippen LogP contribution < -0.4 is 14.8 Å². The zero-order chi connectivity index (χ0) is 15.2. The Hall–Kier alpha value is -2.50.